The Hall–Kier alpha value is -0.940. The zero-order valence-electron chi connectivity index (χ0n) is 11.7. The van der Waals surface area contributed by atoms with Crippen LogP contribution in [-0.2, 0) is 9.59 Å². The molecule has 2 N–H and O–H groups in total. The highest BCUT2D eigenvalue weighted by Gasteiger charge is 2.51. The number of nitrogens with zero attached hydrogens (tertiary/aromatic N) is 1. The van der Waals surface area contributed by atoms with Gasteiger partial charge in [-0.3, -0.25) is 14.5 Å². The molecule has 2 rings (SSSR count). The van der Waals surface area contributed by atoms with Gasteiger partial charge in [0.2, 0.25) is 11.8 Å². The number of amides is 2. The number of aliphatic hydroxyl groups is 1. The van der Waals surface area contributed by atoms with Crippen LogP contribution in [0, 0.1) is 5.41 Å². The fourth-order valence-electron chi connectivity index (χ4n) is 3.21. The van der Waals surface area contributed by atoms with Gasteiger partial charge in [0, 0.05) is 26.1 Å². The van der Waals surface area contributed by atoms with Gasteiger partial charge in [-0.25, -0.2) is 0 Å². The Kier molecular flexibility index (Phi) is 4.58. The minimum absolute atomic E-state index is 0.0225. The standard InChI is InChI=1S/C14H24N2O3/c1-11(17)10-15-7-8-16-12(18)9-14(13(16)19)5-3-2-4-6-14/h11,15,17H,2-10H2,1H3. The van der Waals surface area contributed by atoms with E-state index in [-0.39, 0.29) is 17.2 Å². The summed E-state index contributed by atoms with van der Waals surface area (Å²) in [6.07, 6.45) is 5.04. The van der Waals surface area contributed by atoms with Gasteiger partial charge in [0.25, 0.3) is 0 Å². The number of carbonyl (C=O) groups is 2. The highest BCUT2D eigenvalue weighted by atomic mass is 16.3. The number of hydrogen-bond acceptors (Lipinski definition) is 4. The van der Waals surface area contributed by atoms with Gasteiger partial charge in [-0.2, -0.15) is 0 Å². The summed E-state index contributed by atoms with van der Waals surface area (Å²) < 4.78 is 0. The lowest BCUT2D eigenvalue weighted by Gasteiger charge is -2.30. The lowest BCUT2D eigenvalue weighted by Crippen LogP contribution is -2.41. The van der Waals surface area contributed by atoms with E-state index in [1.807, 2.05) is 0 Å². The molecule has 108 valence electrons. The molecule has 5 nitrogen and oxygen atoms in total. The molecular weight excluding hydrogens is 244 g/mol. The zero-order chi connectivity index (χ0) is 13.9. The number of nitrogens with one attached hydrogen (secondary N) is 1. The fraction of sp³-hybridized carbons (Fsp3) is 0.857. The highest BCUT2D eigenvalue weighted by molar-refractivity contribution is 6.05. The van der Waals surface area contributed by atoms with Crippen LogP contribution in [0.4, 0.5) is 0 Å². The third-order valence-electron chi connectivity index (χ3n) is 4.25. The maximum Gasteiger partial charge on any atom is 0.235 e. The summed E-state index contributed by atoms with van der Waals surface area (Å²) in [5.74, 6) is 0.0155. The zero-order valence-corrected chi connectivity index (χ0v) is 11.7. The largest absolute Gasteiger partial charge is 0.392 e. The van der Waals surface area contributed by atoms with Gasteiger partial charge in [0.15, 0.2) is 0 Å². The van der Waals surface area contributed by atoms with E-state index >= 15 is 0 Å². The van der Waals surface area contributed by atoms with Crippen molar-refractivity contribution in [1.29, 1.82) is 0 Å². The van der Waals surface area contributed by atoms with Crippen LogP contribution in [0.3, 0.4) is 0 Å². The minimum Gasteiger partial charge on any atom is -0.392 e. The molecule has 0 aromatic carbocycles. The van der Waals surface area contributed by atoms with Crippen LogP contribution in [0.1, 0.15) is 45.4 Å². The first-order valence-electron chi connectivity index (χ1n) is 7.29. The Balaban J connectivity index is 1.87. The van der Waals surface area contributed by atoms with E-state index in [4.69, 9.17) is 5.11 Å². The number of imide groups is 1. The summed E-state index contributed by atoms with van der Waals surface area (Å²) in [5.41, 5.74) is -0.375. The van der Waals surface area contributed by atoms with Gasteiger partial charge >= 0.3 is 0 Å². The van der Waals surface area contributed by atoms with E-state index in [0.29, 0.717) is 26.1 Å². The van der Waals surface area contributed by atoms with E-state index in [1.165, 1.54) is 11.3 Å². The Morgan fingerprint density at radius 1 is 1.32 bits per heavy atom. The van der Waals surface area contributed by atoms with Gasteiger partial charge < -0.3 is 10.4 Å². The second-order valence-corrected chi connectivity index (χ2v) is 5.92. The summed E-state index contributed by atoms with van der Waals surface area (Å²) in [4.78, 5) is 25.9. The molecule has 2 amide bonds. The molecule has 1 unspecified atom stereocenters. The topological polar surface area (TPSA) is 69.6 Å². The summed E-state index contributed by atoms with van der Waals surface area (Å²) in [6.45, 7) is 3.17. The van der Waals surface area contributed by atoms with Gasteiger partial charge in [0.1, 0.15) is 0 Å². The average Bonchev–Trinajstić information content (AvgIpc) is 2.59. The molecule has 19 heavy (non-hydrogen) atoms. The molecule has 1 atom stereocenters. The number of carbonyl (C=O) groups excluding carboxylic acids is 2. The molecule has 2 fully saturated rings. The molecule has 2 aliphatic rings. The third-order valence-corrected chi connectivity index (χ3v) is 4.25. The molecule has 0 bridgehead atoms. The van der Waals surface area contributed by atoms with Crippen molar-refractivity contribution in [2.24, 2.45) is 5.41 Å². The van der Waals surface area contributed by atoms with Crippen molar-refractivity contribution in [3.63, 3.8) is 0 Å². The molecule has 1 heterocycles. The Labute approximate surface area is 114 Å². The van der Waals surface area contributed by atoms with Crippen molar-refractivity contribution < 1.29 is 14.7 Å². The molecule has 0 aromatic rings. The lowest BCUT2D eigenvalue weighted by atomic mass is 9.73. The van der Waals surface area contributed by atoms with Crippen molar-refractivity contribution in [3.05, 3.63) is 0 Å². The maximum atomic E-state index is 12.4. The van der Waals surface area contributed by atoms with Gasteiger partial charge in [-0.15, -0.1) is 0 Å². The molecule has 0 radical (unpaired) electrons. The molecule has 1 spiro atoms. The number of rotatable bonds is 5. The third kappa shape index (κ3) is 3.15. The van der Waals surface area contributed by atoms with E-state index in [2.05, 4.69) is 5.32 Å². The fourth-order valence-corrected chi connectivity index (χ4v) is 3.21. The summed E-state index contributed by atoms with van der Waals surface area (Å²) >= 11 is 0. The van der Waals surface area contributed by atoms with Crippen LogP contribution in [0.15, 0.2) is 0 Å². The first-order chi connectivity index (χ1) is 9.05. The number of likely N-dealkylation sites (tertiary alicyclic amines) is 1. The van der Waals surface area contributed by atoms with Crippen molar-refractivity contribution in [1.82, 2.24) is 10.2 Å². The maximum absolute atomic E-state index is 12.4. The Bertz CT molecular complexity index is 349. The lowest BCUT2D eigenvalue weighted by molar-refractivity contribution is -0.142. The van der Waals surface area contributed by atoms with Crippen LogP contribution < -0.4 is 5.32 Å². The first-order valence-corrected chi connectivity index (χ1v) is 7.29. The van der Waals surface area contributed by atoms with Crippen LogP contribution in [0.5, 0.6) is 0 Å². The predicted octanol–water partition coefficient (Wildman–Crippen LogP) is 0.666. The Morgan fingerprint density at radius 2 is 2.00 bits per heavy atom. The van der Waals surface area contributed by atoms with E-state index < -0.39 is 6.10 Å². The van der Waals surface area contributed by atoms with Gasteiger partial charge in [-0.1, -0.05) is 19.3 Å². The van der Waals surface area contributed by atoms with Gasteiger partial charge in [0.05, 0.1) is 11.5 Å². The van der Waals surface area contributed by atoms with Crippen molar-refractivity contribution in [2.75, 3.05) is 19.6 Å². The quantitative estimate of drug-likeness (QED) is 0.568. The molecule has 1 saturated heterocycles. The molecule has 5 heteroatoms. The number of hydrogen-bond donors (Lipinski definition) is 2. The predicted molar refractivity (Wildman–Crippen MR) is 71.4 cm³/mol. The molecule has 1 aliphatic carbocycles. The van der Waals surface area contributed by atoms with Crippen LogP contribution in [-0.4, -0.2) is 47.6 Å². The van der Waals surface area contributed by atoms with Crippen LogP contribution in [0.25, 0.3) is 0 Å². The van der Waals surface area contributed by atoms with Crippen molar-refractivity contribution in [3.8, 4) is 0 Å². The normalized spacial score (nSPS) is 24.2. The minimum atomic E-state index is -0.408. The van der Waals surface area contributed by atoms with E-state index in [1.54, 1.807) is 6.92 Å². The first kappa shape index (κ1) is 14.5. The van der Waals surface area contributed by atoms with E-state index in [9.17, 15) is 9.59 Å². The SMILES string of the molecule is CC(O)CNCCN1C(=O)CC2(CCCCC2)C1=O. The molecular formula is C14H24N2O3. The van der Waals surface area contributed by atoms with Crippen molar-refractivity contribution >= 4 is 11.8 Å². The molecule has 1 aliphatic heterocycles. The van der Waals surface area contributed by atoms with Gasteiger partial charge in [-0.05, 0) is 19.8 Å². The van der Waals surface area contributed by atoms with E-state index in [0.717, 1.165) is 25.7 Å². The number of aliphatic hydroxyl groups excluding tert-OH is 1. The Morgan fingerprint density at radius 3 is 2.63 bits per heavy atom. The summed E-state index contributed by atoms with van der Waals surface area (Å²) in [5, 5.41) is 12.2. The molecule has 1 saturated carbocycles. The summed E-state index contributed by atoms with van der Waals surface area (Å²) in [7, 11) is 0. The summed E-state index contributed by atoms with van der Waals surface area (Å²) in [6, 6.07) is 0. The second kappa shape index (κ2) is 6.01. The second-order valence-electron chi connectivity index (χ2n) is 5.92. The van der Waals surface area contributed by atoms with Crippen molar-refractivity contribution in [2.45, 2.75) is 51.6 Å². The average molecular weight is 268 g/mol. The molecule has 0 aromatic heterocycles. The highest BCUT2D eigenvalue weighted by Crippen LogP contribution is 2.45. The smallest absolute Gasteiger partial charge is 0.235 e. The monoisotopic (exact) mass is 268 g/mol. The van der Waals surface area contributed by atoms with Crippen LogP contribution in [0.2, 0.25) is 0 Å². The van der Waals surface area contributed by atoms with Crippen LogP contribution >= 0.6 is 0 Å².